The van der Waals surface area contributed by atoms with Crippen LogP contribution in [0.4, 0.5) is 8.78 Å². The van der Waals surface area contributed by atoms with Crippen molar-refractivity contribution in [3.8, 4) is 5.75 Å². The zero-order chi connectivity index (χ0) is 20.7. The zero-order valence-corrected chi connectivity index (χ0v) is 16.3. The van der Waals surface area contributed by atoms with Gasteiger partial charge in [-0.15, -0.1) is 11.3 Å². The van der Waals surface area contributed by atoms with Gasteiger partial charge < -0.3 is 9.47 Å². The Kier molecular flexibility index (Phi) is 7.61. The number of ether oxygens (including phenoxy) is 2. The fourth-order valence-corrected chi connectivity index (χ4v) is 3.54. The van der Waals surface area contributed by atoms with E-state index >= 15 is 0 Å². The van der Waals surface area contributed by atoms with E-state index in [2.05, 4.69) is 9.46 Å². The molecule has 0 unspecified atom stereocenters. The lowest BCUT2D eigenvalue weighted by Gasteiger charge is -2.09. The number of Topliss-reactive ketones (excluding diaryl/α,β-unsaturated/α-hetero) is 1. The maximum atomic E-state index is 12.4. The molecule has 2 aromatic rings. The standard InChI is InChI=1S/C17H17F2NO6S2/c1-28(23,24)20-9-8-11-6-7-15(27-11)13(21)10-25-16(22)12-4-2-3-5-14(12)26-17(18)19/h2-7,17,20H,8-10H2,1H3. The predicted molar refractivity (Wildman–Crippen MR) is 98.6 cm³/mol. The van der Waals surface area contributed by atoms with E-state index in [1.807, 2.05) is 0 Å². The summed E-state index contributed by atoms with van der Waals surface area (Å²) in [6.45, 7) is -3.47. The Morgan fingerprint density at radius 3 is 2.57 bits per heavy atom. The summed E-state index contributed by atoms with van der Waals surface area (Å²) in [6.07, 6.45) is 1.46. The molecule has 0 radical (unpaired) electrons. The summed E-state index contributed by atoms with van der Waals surface area (Å²) in [7, 11) is -3.29. The molecule has 0 atom stereocenters. The van der Waals surface area contributed by atoms with Gasteiger partial charge in [-0.05, 0) is 30.7 Å². The first-order chi connectivity index (χ1) is 13.2. The number of thiophene rings is 1. The van der Waals surface area contributed by atoms with Crippen LogP contribution in [0.2, 0.25) is 0 Å². The molecule has 2 rings (SSSR count). The van der Waals surface area contributed by atoms with Gasteiger partial charge in [0.05, 0.1) is 11.1 Å². The molecule has 152 valence electrons. The first kappa shape index (κ1) is 21.9. The maximum Gasteiger partial charge on any atom is 0.387 e. The normalized spacial score (nSPS) is 11.4. The highest BCUT2D eigenvalue weighted by Crippen LogP contribution is 2.22. The van der Waals surface area contributed by atoms with Crippen LogP contribution in [0.15, 0.2) is 36.4 Å². The van der Waals surface area contributed by atoms with Crippen molar-refractivity contribution in [1.29, 1.82) is 0 Å². The second-order valence-electron chi connectivity index (χ2n) is 5.56. The number of esters is 1. The maximum absolute atomic E-state index is 12.4. The van der Waals surface area contributed by atoms with Crippen molar-refractivity contribution in [3.05, 3.63) is 51.7 Å². The first-order valence-electron chi connectivity index (χ1n) is 7.93. The van der Waals surface area contributed by atoms with E-state index in [9.17, 15) is 26.8 Å². The molecule has 0 spiro atoms. The first-order valence-corrected chi connectivity index (χ1v) is 10.6. The van der Waals surface area contributed by atoms with Crippen molar-refractivity contribution in [3.63, 3.8) is 0 Å². The van der Waals surface area contributed by atoms with Crippen molar-refractivity contribution < 1.29 is 36.3 Å². The number of para-hydroxylation sites is 1. The average molecular weight is 433 g/mol. The highest BCUT2D eigenvalue weighted by molar-refractivity contribution is 7.88. The zero-order valence-electron chi connectivity index (χ0n) is 14.7. The number of nitrogens with one attached hydrogen (secondary N) is 1. The van der Waals surface area contributed by atoms with Crippen molar-refractivity contribution in [1.82, 2.24) is 4.72 Å². The SMILES string of the molecule is CS(=O)(=O)NCCc1ccc(C(=O)COC(=O)c2ccccc2OC(F)F)s1. The fourth-order valence-electron chi connectivity index (χ4n) is 2.14. The number of ketones is 1. The van der Waals surface area contributed by atoms with Gasteiger partial charge in [0.1, 0.15) is 11.3 Å². The van der Waals surface area contributed by atoms with Crippen LogP contribution in [0.25, 0.3) is 0 Å². The van der Waals surface area contributed by atoms with Gasteiger partial charge in [-0.25, -0.2) is 17.9 Å². The van der Waals surface area contributed by atoms with E-state index in [0.717, 1.165) is 22.5 Å². The topological polar surface area (TPSA) is 98.8 Å². The Morgan fingerprint density at radius 1 is 1.18 bits per heavy atom. The molecule has 0 bridgehead atoms. The number of hydrogen-bond donors (Lipinski definition) is 1. The predicted octanol–water partition coefficient (Wildman–Crippen LogP) is 2.48. The van der Waals surface area contributed by atoms with Gasteiger partial charge in [-0.2, -0.15) is 8.78 Å². The van der Waals surface area contributed by atoms with Crippen LogP contribution in [0, 0.1) is 0 Å². The second-order valence-corrected chi connectivity index (χ2v) is 8.56. The molecule has 0 fully saturated rings. The van der Waals surface area contributed by atoms with Crippen LogP contribution in [-0.2, 0) is 21.2 Å². The molecular weight excluding hydrogens is 416 g/mol. The van der Waals surface area contributed by atoms with Crippen molar-refractivity contribution in [2.75, 3.05) is 19.4 Å². The summed E-state index contributed by atoms with van der Waals surface area (Å²) in [5.41, 5.74) is -0.214. The summed E-state index contributed by atoms with van der Waals surface area (Å²) in [5, 5.41) is 0. The summed E-state index contributed by atoms with van der Waals surface area (Å²) in [6, 6.07) is 8.54. The number of rotatable bonds is 10. The van der Waals surface area contributed by atoms with E-state index in [1.54, 1.807) is 12.1 Å². The van der Waals surface area contributed by atoms with Gasteiger partial charge in [-0.3, -0.25) is 4.79 Å². The lowest BCUT2D eigenvalue weighted by Crippen LogP contribution is -2.24. The third-order valence-electron chi connectivity index (χ3n) is 3.33. The van der Waals surface area contributed by atoms with Crippen LogP contribution in [0.1, 0.15) is 24.9 Å². The minimum Gasteiger partial charge on any atom is -0.454 e. The van der Waals surface area contributed by atoms with Gasteiger partial charge in [0, 0.05) is 11.4 Å². The number of benzene rings is 1. The van der Waals surface area contributed by atoms with Gasteiger partial charge in [0.25, 0.3) is 0 Å². The Hall–Kier alpha value is -2.37. The fraction of sp³-hybridized carbons (Fsp3) is 0.294. The molecule has 0 saturated heterocycles. The highest BCUT2D eigenvalue weighted by atomic mass is 32.2. The Morgan fingerprint density at radius 2 is 1.89 bits per heavy atom. The van der Waals surface area contributed by atoms with Crippen LogP contribution < -0.4 is 9.46 Å². The monoisotopic (exact) mass is 433 g/mol. The van der Waals surface area contributed by atoms with E-state index in [4.69, 9.17) is 4.74 Å². The summed E-state index contributed by atoms with van der Waals surface area (Å²) < 4.78 is 58.3. The van der Waals surface area contributed by atoms with E-state index in [0.29, 0.717) is 11.3 Å². The number of halogens is 2. The summed E-state index contributed by atoms with van der Waals surface area (Å²) >= 11 is 1.15. The van der Waals surface area contributed by atoms with Crippen LogP contribution >= 0.6 is 11.3 Å². The molecular formula is C17H17F2NO6S2. The van der Waals surface area contributed by atoms with Crippen molar-refractivity contribution >= 4 is 33.1 Å². The molecule has 1 aromatic heterocycles. The minimum atomic E-state index is -3.29. The molecule has 11 heteroatoms. The Labute approximate surface area is 164 Å². The number of hydrogen-bond acceptors (Lipinski definition) is 7. The molecule has 1 heterocycles. The van der Waals surface area contributed by atoms with Crippen LogP contribution in [0.3, 0.4) is 0 Å². The molecule has 1 N–H and O–H groups in total. The lowest BCUT2D eigenvalue weighted by atomic mass is 10.2. The third kappa shape index (κ3) is 6.98. The Balaban J connectivity index is 1.91. The molecule has 0 aliphatic heterocycles. The molecule has 1 aromatic carbocycles. The number of carbonyl (C=O) groups excluding carboxylic acids is 2. The van der Waals surface area contributed by atoms with E-state index in [1.165, 1.54) is 24.3 Å². The van der Waals surface area contributed by atoms with Gasteiger partial charge in [0.15, 0.2) is 6.61 Å². The van der Waals surface area contributed by atoms with E-state index < -0.39 is 35.0 Å². The van der Waals surface area contributed by atoms with Gasteiger partial charge in [-0.1, -0.05) is 12.1 Å². The van der Waals surface area contributed by atoms with Gasteiger partial charge >= 0.3 is 12.6 Å². The number of alkyl halides is 2. The molecule has 0 aliphatic rings. The minimum absolute atomic E-state index is 0.197. The van der Waals surface area contributed by atoms with Crippen molar-refractivity contribution in [2.45, 2.75) is 13.0 Å². The van der Waals surface area contributed by atoms with Gasteiger partial charge in [0.2, 0.25) is 15.8 Å². The molecule has 0 aliphatic carbocycles. The summed E-state index contributed by atoms with van der Waals surface area (Å²) in [4.78, 5) is 25.3. The van der Waals surface area contributed by atoms with Crippen LogP contribution in [0.5, 0.6) is 5.75 Å². The smallest absolute Gasteiger partial charge is 0.387 e. The lowest BCUT2D eigenvalue weighted by molar-refractivity contribution is -0.0504. The second kappa shape index (κ2) is 9.71. The molecule has 0 saturated carbocycles. The average Bonchev–Trinajstić information content (AvgIpc) is 3.07. The quantitative estimate of drug-likeness (QED) is 0.457. The molecule has 28 heavy (non-hydrogen) atoms. The van der Waals surface area contributed by atoms with E-state index in [-0.39, 0.29) is 17.9 Å². The number of sulfonamides is 1. The number of carbonyl (C=O) groups is 2. The third-order valence-corrected chi connectivity index (χ3v) is 5.24. The largest absolute Gasteiger partial charge is 0.454 e. The Bertz CT molecular complexity index is 943. The molecule has 7 nitrogen and oxygen atoms in total. The molecule has 0 amide bonds. The van der Waals surface area contributed by atoms with Crippen molar-refractivity contribution in [2.24, 2.45) is 0 Å². The van der Waals surface area contributed by atoms with Crippen LogP contribution in [-0.4, -0.2) is 46.2 Å². The highest BCUT2D eigenvalue weighted by Gasteiger charge is 2.18. The summed E-state index contributed by atoms with van der Waals surface area (Å²) in [5.74, 6) is -1.77.